The predicted octanol–water partition coefficient (Wildman–Crippen LogP) is 2.28. The van der Waals surface area contributed by atoms with Crippen LogP contribution in [0.5, 0.6) is 11.9 Å². The molecule has 0 saturated carbocycles. The van der Waals surface area contributed by atoms with Crippen molar-refractivity contribution >= 4 is 28.7 Å². The highest BCUT2D eigenvalue weighted by Crippen LogP contribution is 2.31. The molecule has 0 bridgehead atoms. The Labute approximate surface area is 225 Å². The van der Waals surface area contributed by atoms with Crippen molar-refractivity contribution in [3.05, 3.63) is 46.0 Å². The molecule has 208 valence electrons. The Morgan fingerprint density at radius 2 is 1.95 bits per heavy atom. The number of H-pyrrole nitrogens is 1. The second-order valence-electron chi connectivity index (χ2n) is 9.56. The number of imidazole rings is 1. The van der Waals surface area contributed by atoms with Gasteiger partial charge in [0.25, 0.3) is 11.9 Å². The average Bonchev–Trinajstić information content (AvgIpc) is 3.70. The number of aromatic amines is 1. The van der Waals surface area contributed by atoms with Gasteiger partial charge >= 0.3 is 0 Å². The number of aromatic nitrogens is 3. The van der Waals surface area contributed by atoms with Crippen LogP contribution in [0, 0.1) is 11.6 Å². The second kappa shape index (κ2) is 10.8. The lowest BCUT2D eigenvalue weighted by molar-refractivity contribution is 0.00706. The standard InChI is InChI=1S/C25H25ClF2N4O7/c26-14-6-17-22(32-25(30-17)39-19-10-37-20-18(33)9-36-21(19)20)31-24(14)38-8-13-15(27)4-11(5-16(13)28)23(34)29-7-12-2-1-3-35-12/h4-6,12,18-21,33H,1-3,7-10H2,(H,29,34)(H,30,31,32)/t12-,18-,19-,20?,21?/m1/s1. The summed E-state index contributed by atoms with van der Waals surface area (Å²) in [5, 5.41) is 12.6. The number of benzene rings is 1. The number of pyridine rings is 1. The van der Waals surface area contributed by atoms with Gasteiger partial charge in [0.05, 0.1) is 30.4 Å². The molecule has 3 fully saturated rings. The molecule has 0 aliphatic carbocycles. The minimum absolute atomic E-state index is 0.0789. The first-order valence-corrected chi connectivity index (χ1v) is 12.9. The largest absolute Gasteiger partial charge is 0.471 e. The predicted molar refractivity (Wildman–Crippen MR) is 131 cm³/mol. The average molecular weight is 567 g/mol. The van der Waals surface area contributed by atoms with E-state index < -0.39 is 48.6 Å². The Bertz CT molecular complexity index is 1360. The van der Waals surface area contributed by atoms with Crippen molar-refractivity contribution in [2.24, 2.45) is 0 Å². The second-order valence-corrected chi connectivity index (χ2v) is 9.97. The fourth-order valence-corrected chi connectivity index (χ4v) is 5.06. The van der Waals surface area contributed by atoms with Gasteiger partial charge in [-0.05, 0) is 31.0 Å². The fraction of sp³-hybridized carbons (Fsp3) is 0.480. The van der Waals surface area contributed by atoms with Crippen LogP contribution in [0.15, 0.2) is 18.2 Å². The van der Waals surface area contributed by atoms with Crippen molar-refractivity contribution in [2.75, 3.05) is 26.4 Å². The monoisotopic (exact) mass is 566 g/mol. The summed E-state index contributed by atoms with van der Waals surface area (Å²) in [6.07, 6.45) is -0.426. The molecule has 11 nitrogen and oxygen atoms in total. The van der Waals surface area contributed by atoms with Crippen LogP contribution in [0.25, 0.3) is 11.2 Å². The minimum atomic E-state index is -0.943. The lowest BCUT2D eigenvalue weighted by atomic mass is 10.1. The van der Waals surface area contributed by atoms with Gasteiger partial charge in [0.1, 0.15) is 41.6 Å². The Morgan fingerprint density at radius 3 is 2.72 bits per heavy atom. The van der Waals surface area contributed by atoms with Crippen LogP contribution < -0.4 is 14.8 Å². The van der Waals surface area contributed by atoms with E-state index in [1.54, 1.807) is 0 Å². The molecule has 3 aromatic rings. The number of amides is 1. The molecule has 2 unspecified atom stereocenters. The van der Waals surface area contributed by atoms with Gasteiger partial charge < -0.3 is 39.1 Å². The molecule has 14 heteroatoms. The van der Waals surface area contributed by atoms with Gasteiger partial charge in [0.15, 0.2) is 11.8 Å². The summed E-state index contributed by atoms with van der Waals surface area (Å²) in [5.74, 6) is -2.58. The van der Waals surface area contributed by atoms with Crippen molar-refractivity contribution in [3.63, 3.8) is 0 Å². The number of rotatable bonds is 8. The number of hydrogen-bond donors (Lipinski definition) is 3. The van der Waals surface area contributed by atoms with Crippen LogP contribution in [-0.4, -0.2) is 82.9 Å². The molecule has 3 aliphatic heterocycles. The van der Waals surface area contributed by atoms with Gasteiger partial charge in [-0.2, -0.15) is 9.97 Å². The SMILES string of the molecule is O=C(NC[C@H]1CCCO1)c1cc(F)c(COc2nc3nc(O[C@@H]4COC5C4OC[C@H]5O)[nH]c3cc2Cl)c(F)c1. The van der Waals surface area contributed by atoms with Gasteiger partial charge in [-0.25, -0.2) is 8.78 Å². The van der Waals surface area contributed by atoms with E-state index in [4.69, 9.17) is 35.3 Å². The van der Waals surface area contributed by atoms with Crippen molar-refractivity contribution < 1.29 is 42.4 Å². The van der Waals surface area contributed by atoms with E-state index in [2.05, 4.69) is 20.3 Å². The number of nitrogens with zero attached hydrogens (tertiary/aromatic N) is 2. The summed E-state index contributed by atoms with van der Waals surface area (Å²) < 4.78 is 57.4. The molecule has 5 heterocycles. The summed E-state index contributed by atoms with van der Waals surface area (Å²) in [6, 6.07) is 3.53. The lowest BCUT2D eigenvalue weighted by Crippen LogP contribution is -2.34. The fourth-order valence-electron chi connectivity index (χ4n) is 4.85. The van der Waals surface area contributed by atoms with Gasteiger partial charge in [-0.3, -0.25) is 4.79 Å². The van der Waals surface area contributed by atoms with E-state index in [9.17, 15) is 18.7 Å². The number of aliphatic hydroxyl groups excluding tert-OH is 1. The highest BCUT2D eigenvalue weighted by molar-refractivity contribution is 6.32. The van der Waals surface area contributed by atoms with Crippen LogP contribution >= 0.6 is 11.6 Å². The van der Waals surface area contributed by atoms with E-state index in [0.29, 0.717) is 12.1 Å². The summed E-state index contributed by atoms with van der Waals surface area (Å²) in [4.78, 5) is 23.8. The molecule has 0 spiro atoms. The Balaban J connectivity index is 1.11. The number of halogens is 3. The third kappa shape index (κ3) is 5.37. The molecule has 6 rings (SSSR count). The molecule has 39 heavy (non-hydrogen) atoms. The molecule has 2 aromatic heterocycles. The summed E-state index contributed by atoms with van der Waals surface area (Å²) >= 11 is 6.28. The van der Waals surface area contributed by atoms with Crippen molar-refractivity contribution in [1.29, 1.82) is 0 Å². The molecule has 3 aliphatic rings. The third-order valence-electron chi connectivity index (χ3n) is 6.89. The summed E-state index contributed by atoms with van der Waals surface area (Å²) in [7, 11) is 0. The Hall–Kier alpha value is -3.10. The maximum absolute atomic E-state index is 14.7. The van der Waals surface area contributed by atoms with E-state index in [-0.39, 0.29) is 59.5 Å². The van der Waals surface area contributed by atoms with Crippen LogP contribution in [-0.2, 0) is 20.8 Å². The molecule has 3 saturated heterocycles. The number of nitrogens with one attached hydrogen (secondary N) is 2. The molecular formula is C25H25ClF2N4O7. The zero-order valence-corrected chi connectivity index (χ0v) is 21.2. The summed E-state index contributed by atoms with van der Waals surface area (Å²) in [5.41, 5.74) is 0.112. The summed E-state index contributed by atoms with van der Waals surface area (Å²) in [6.45, 7) is 0.769. The van der Waals surface area contributed by atoms with E-state index in [1.165, 1.54) is 6.07 Å². The molecule has 0 radical (unpaired) electrons. The first-order valence-electron chi connectivity index (χ1n) is 12.5. The minimum Gasteiger partial charge on any atom is -0.471 e. The first kappa shape index (κ1) is 26.1. The molecule has 1 amide bonds. The van der Waals surface area contributed by atoms with Gasteiger partial charge in [-0.1, -0.05) is 11.6 Å². The van der Waals surface area contributed by atoms with Crippen LogP contribution in [0.3, 0.4) is 0 Å². The van der Waals surface area contributed by atoms with Gasteiger partial charge in [-0.15, -0.1) is 0 Å². The third-order valence-corrected chi connectivity index (χ3v) is 7.16. The Morgan fingerprint density at radius 1 is 1.15 bits per heavy atom. The lowest BCUT2D eigenvalue weighted by Gasteiger charge is -2.15. The number of carbonyl (C=O) groups excluding carboxylic acids is 1. The zero-order chi connectivity index (χ0) is 27.1. The molecule has 1 aromatic carbocycles. The van der Waals surface area contributed by atoms with Crippen molar-refractivity contribution in [3.8, 4) is 11.9 Å². The van der Waals surface area contributed by atoms with Crippen molar-refractivity contribution in [1.82, 2.24) is 20.3 Å². The van der Waals surface area contributed by atoms with Gasteiger partial charge in [0.2, 0.25) is 5.88 Å². The highest BCUT2D eigenvalue weighted by Gasteiger charge is 2.48. The van der Waals surface area contributed by atoms with Crippen LogP contribution in [0.4, 0.5) is 8.78 Å². The van der Waals surface area contributed by atoms with E-state index in [0.717, 1.165) is 25.0 Å². The Kier molecular flexibility index (Phi) is 7.25. The molecular weight excluding hydrogens is 542 g/mol. The number of fused-ring (bicyclic) bond motifs is 2. The van der Waals surface area contributed by atoms with Crippen LogP contribution in [0.2, 0.25) is 5.02 Å². The first-order chi connectivity index (χ1) is 18.9. The van der Waals surface area contributed by atoms with Crippen molar-refractivity contribution in [2.45, 2.75) is 50.0 Å². The normalized spacial score (nSPS) is 26.2. The molecule has 3 N–H and O–H groups in total. The quantitative estimate of drug-likeness (QED) is 0.375. The van der Waals surface area contributed by atoms with E-state index >= 15 is 0 Å². The maximum atomic E-state index is 14.7. The topological polar surface area (TPSA) is 137 Å². The smallest absolute Gasteiger partial charge is 0.296 e. The van der Waals surface area contributed by atoms with E-state index in [1.807, 2.05) is 0 Å². The van der Waals surface area contributed by atoms with Gasteiger partial charge in [0, 0.05) is 18.7 Å². The number of ether oxygens (including phenoxy) is 5. The highest BCUT2D eigenvalue weighted by atomic mass is 35.5. The maximum Gasteiger partial charge on any atom is 0.296 e. The number of aliphatic hydroxyl groups is 1. The number of carbonyl (C=O) groups is 1. The number of hydrogen-bond acceptors (Lipinski definition) is 9. The van der Waals surface area contributed by atoms with Crippen LogP contribution in [0.1, 0.15) is 28.8 Å². The zero-order valence-electron chi connectivity index (χ0n) is 20.5. The molecule has 5 atom stereocenters.